The van der Waals surface area contributed by atoms with E-state index >= 15 is 0 Å². The molecule has 10 heavy (non-hydrogen) atoms. The summed E-state index contributed by atoms with van der Waals surface area (Å²) in [6, 6.07) is 0. The van der Waals surface area contributed by atoms with Crippen molar-refractivity contribution in [3.05, 3.63) is 22.1 Å². The molecule has 0 spiro atoms. The Labute approximate surface area is 99.6 Å². The van der Waals surface area contributed by atoms with Crippen molar-refractivity contribution in [2.24, 2.45) is 0 Å². The van der Waals surface area contributed by atoms with Crippen LogP contribution < -0.4 is 62.3 Å². The van der Waals surface area contributed by atoms with Crippen LogP contribution in [0, 0.1) is 6.92 Å². The molecule has 0 unspecified atom stereocenters. The summed E-state index contributed by atoms with van der Waals surface area (Å²) in [5.41, 5.74) is 0. The predicted octanol–water partition coefficient (Wildman–Crippen LogP) is -3.59. The molecule has 1 aromatic heterocycles. The van der Waals surface area contributed by atoms with E-state index < -0.39 is 12.4 Å². The summed E-state index contributed by atoms with van der Waals surface area (Å²) in [6.45, 7) is 0.968. The van der Waals surface area contributed by atoms with Gasteiger partial charge in [-0.15, -0.1) is 0 Å². The fourth-order valence-electron chi connectivity index (χ4n) is 0.506. The molecule has 0 aliphatic heterocycles. The number of hydrogen-bond donors (Lipinski definition) is 0. The number of hydrogen-bond acceptors (Lipinski definition) is 4. The normalized spacial score (nSPS) is 9.00. The van der Waals surface area contributed by atoms with Gasteiger partial charge >= 0.3 is 57.2 Å². The molecule has 0 saturated carbocycles. The van der Waals surface area contributed by atoms with Gasteiger partial charge in [-0.2, -0.15) is 0 Å². The molecule has 0 aliphatic carbocycles. The molecule has 50 valence electrons. The Bertz CT molecular complexity index is 248. The Morgan fingerprint density at radius 1 is 1.50 bits per heavy atom. The van der Waals surface area contributed by atoms with E-state index in [9.17, 15) is 9.90 Å². The van der Waals surface area contributed by atoms with Crippen LogP contribution in [0.15, 0.2) is 13.6 Å². The molecule has 0 aliphatic rings. The molecular weight excluding hydrogens is 163 g/mol. The first-order valence-corrected chi connectivity index (χ1v) is 2.41. The number of aryl methyl sites for hydroxylation is 1. The first-order valence-electron chi connectivity index (χ1n) is 2.41. The number of rotatable bonds is 1. The van der Waals surface area contributed by atoms with Crippen molar-refractivity contribution < 1.29 is 65.3 Å². The zero-order chi connectivity index (χ0) is 6.85. The van der Waals surface area contributed by atoms with E-state index in [4.69, 9.17) is 0 Å². The van der Waals surface area contributed by atoms with Crippen molar-refractivity contribution in [3.63, 3.8) is 0 Å². The molecule has 1 heterocycles. The minimum absolute atomic E-state index is 0. The fraction of sp³-hybridized carbons (Fsp3) is 0.400. The van der Waals surface area contributed by atoms with E-state index in [2.05, 4.69) is 8.83 Å². The maximum Gasteiger partial charge on any atom is 1.00 e. The first-order chi connectivity index (χ1) is 4.24. The van der Waals surface area contributed by atoms with Crippen LogP contribution in [0.4, 0.5) is 0 Å². The molecule has 0 N–H and O–H groups in total. The van der Waals surface area contributed by atoms with Gasteiger partial charge in [0.2, 0.25) is 0 Å². The zero-order valence-corrected chi connectivity index (χ0v) is 8.96. The molecule has 5 heteroatoms. The molecule has 0 saturated heterocycles. The summed E-state index contributed by atoms with van der Waals surface area (Å²) in [7, 11) is 0. The second-order valence-corrected chi connectivity index (χ2v) is 1.58. The summed E-state index contributed by atoms with van der Waals surface area (Å²) in [5.74, 6) is -0.451. The largest absolute Gasteiger partial charge is 1.00 e. The summed E-state index contributed by atoms with van der Waals surface area (Å²) in [5, 5.41) is 10.1. The van der Waals surface area contributed by atoms with Crippen LogP contribution in [0.2, 0.25) is 0 Å². The van der Waals surface area contributed by atoms with Crippen LogP contribution in [-0.4, -0.2) is 0 Å². The molecule has 0 radical (unpaired) electrons. The average Bonchev–Trinajstić information content (AvgIpc) is 2.10. The van der Waals surface area contributed by atoms with Gasteiger partial charge in [0.05, 0.1) is 0 Å². The third-order valence-corrected chi connectivity index (χ3v) is 0.967. The van der Waals surface area contributed by atoms with E-state index in [1.165, 1.54) is 6.92 Å². The standard InChI is InChI=1S/C5H5O4.K/c1-3-4(2-6)9-5(7)8-3;/h2H2,1H3;/q-1;+1. The summed E-state index contributed by atoms with van der Waals surface area (Å²) in [6.07, 6.45) is 0. The Morgan fingerprint density at radius 2 is 2.10 bits per heavy atom. The molecule has 0 amide bonds. The van der Waals surface area contributed by atoms with E-state index in [1.54, 1.807) is 0 Å². The molecule has 0 aromatic carbocycles. The Morgan fingerprint density at radius 3 is 2.30 bits per heavy atom. The molecule has 0 bridgehead atoms. The quantitative estimate of drug-likeness (QED) is 0.406. The van der Waals surface area contributed by atoms with E-state index in [0.29, 0.717) is 0 Å². The molecular formula is C5H5KO4. The minimum atomic E-state index is -0.807. The van der Waals surface area contributed by atoms with Gasteiger partial charge in [-0.05, 0) is 6.92 Å². The molecule has 1 rings (SSSR count). The molecule has 0 atom stereocenters. The summed E-state index contributed by atoms with van der Waals surface area (Å²) < 4.78 is 8.71. The van der Waals surface area contributed by atoms with Crippen molar-refractivity contribution in [2.75, 3.05) is 0 Å². The van der Waals surface area contributed by atoms with Gasteiger partial charge in [-0.1, -0.05) is 6.61 Å². The van der Waals surface area contributed by atoms with E-state index in [1.807, 2.05) is 0 Å². The van der Waals surface area contributed by atoms with Crippen molar-refractivity contribution in [2.45, 2.75) is 13.5 Å². The van der Waals surface area contributed by atoms with Crippen molar-refractivity contribution >= 4 is 0 Å². The Balaban J connectivity index is 0.000000810. The minimum Gasteiger partial charge on any atom is -0.849 e. The second-order valence-electron chi connectivity index (χ2n) is 1.58. The van der Waals surface area contributed by atoms with Crippen molar-refractivity contribution in [1.29, 1.82) is 0 Å². The van der Waals surface area contributed by atoms with E-state index in [-0.39, 0.29) is 62.9 Å². The average molecular weight is 168 g/mol. The smallest absolute Gasteiger partial charge is 0.849 e. The third kappa shape index (κ3) is 2.33. The molecule has 4 nitrogen and oxygen atoms in total. The Kier molecular flexibility index (Phi) is 4.75. The van der Waals surface area contributed by atoms with Crippen LogP contribution in [0.3, 0.4) is 0 Å². The Hall–Kier alpha value is 0.606. The first kappa shape index (κ1) is 10.6. The molecule has 0 fully saturated rings. The summed E-state index contributed by atoms with van der Waals surface area (Å²) in [4.78, 5) is 10.2. The fourth-order valence-corrected chi connectivity index (χ4v) is 0.506. The maximum absolute atomic E-state index is 10.2. The van der Waals surface area contributed by atoms with Crippen molar-refractivity contribution in [3.8, 4) is 0 Å². The monoisotopic (exact) mass is 168 g/mol. The third-order valence-electron chi connectivity index (χ3n) is 0.967. The van der Waals surface area contributed by atoms with Gasteiger partial charge in [0.25, 0.3) is 0 Å². The van der Waals surface area contributed by atoms with Gasteiger partial charge < -0.3 is 13.9 Å². The van der Waals surface area contributed by atoms with Gasteiger partial charge in [-0.25, -0.2) is 4.79 Å². The van der Waals surface area contributed by atoms with Crippen LogP contribution in [0.1, 0.15) is 11.5 Å². The van der Waals surface area contributed by atoms with Crippen molar-refractivity contribution in [1.82, 2.24) is 0 Å². The summed E-state index contributed by atoms with van der Waals surface area (Å²) >= 11 is 0. The maximum atomic E-state index is 10.2. The van der Waals surface area contributed by atoms with E-state index in [0.717, 1.165) is 0 Å². The molecule has 1 aromatic rings. The van der Waals surface area contributed by atoms with Gasteiger partial charge in [0.15, 0.2) is 0 Å². The van der Waals surface area contributed by atoms with Crippen LogP contribution in [-0.2, 0) is 6.61 Å². The second kappa shape index (κ2) is 4.48. The predicted molar refractivity (Wildman–Crippen MR) is 25.7 cm³/mol. The van der Waals surface area contributed by atoms with Crippen LogP contribution >= 0.6 is 0 Å². The van der Waals surface area contributed by atoms with Gasteiger partial charge in [0, 0.05) is 0 Å². The van der Waals surface area contributed by atoms with Crippen LogP contribution in [0.25, 0.3) is 0 Å². The SMILES string of the molecule is Cc1oc(=O)oc1C[O-].[K+]. The zero-order valence-electron chi connectivity index (χ0n) is 5.84. The van der Waals surface area contributed by atoms with Crippen LogP contribution in [0.5, 0.6) is 0 Å². The van der Waals surface area contributed by atoms with Gasteiger partial charge in [-0.3, -0.25) is 0 Å². The topological polar surface area (TPSA) is 66.4 Å². The van der Waals surface area contributed by atoms with Gasteiger partial charge in [0.1, 0.15) is 11.5 Å².